The largest absolute Gasteiger partial charge is 0.392 e. The highest BCUT2D eigenvalue weighted by molar-refractivity contribution is 6.02. The summed E-state index contributed by atoms with van der Waals surface area (Å²) in [6.07, 6.45) is -1.52. The smallest absolute Gasteiger partial charge is 0.148 e. The summed E-state index contributed by atoms with van der Waals surface area (Å²) in [6.45, 7) is 9.75. The van der Waals surface area contributed by atoms with Crippen LogP contribution < -0.4 is 0 Å². The van der Waals surface area contributed by atoms with Gasteiger partial charge in [-0.2, -0.15) is 0 Å². The van der Waals surface area contributed by atoms with Crippen molar-refractivity contribution in [2.45, 2.75) is 66.6 Å². The molecule has 1 unspecified atom stereocenters. The zero-order chi connectivity index (χ0) is 17.6. The summed E-state index contributed by atoms with van der Waals surface area (Å²) in [5, 5.41) is 20.6. The first kappa shape index (κ1) is 20.9. The van der Waals surface area contributed by atoms with Crippen LogP contribution in [-0.4, -0.2) is 39.8 Å². The van der Waals surface area contributed by atoms with Crippen LogP contribution in [0.25, 0.3) is 0 Å². The van der Waals surface area contributed by atoms with Crippen LogP contribution in [0.2, 0.25) is 0 Å². The van der Waals surface area contributed by atoms with E-state index in [1.165, 1.54) is 0 Å². The Morgan fingerprint density at radius 3 is 1.59 bits per heavy atom. The first-order valence-electron chi connectivity index (χ1n) is 8.05. The number of hydrogen-bond donors (Lipinski definition) is 2. The number of Topliss-reactive ketones (excluding diaryl/α,β-unsaturated/α-hetero) is 3. The van der Waals surface area contributed by atoms with E-state index in [0.717, 1.165) is 0 Å². The Morgan fingerprint density at radius 1 is 0.773 bits per heavy atom. The van der Waals surface area contributed by atoms with Crippen molar-refractivity contribution in [2.24, 2.45) is 23.7 Å². The summed E-state index contributed by atoms with van der Waals surface area (Å²) < 4.78 is 0. The van der Waals surface area contributed by atoms with Gasteiger partial charge in [-0.3, -0.25) is 14.4 Å². The van der Waals surface area contributed by atoms with Crippen molar-refractivity contribution in [1.82, 2.24) is 0 Å². The second-order valence-corrected chi connectivity index (χ2v) is 6.18. The van der Waals surface area contributed by atoms with E-state index in [-0.39, 0.29) is 23.8 Å². The lowest BCUT2D eigenvalue weighted by molar-refractivity contribution is -0.138. The van der Waals surface area contributed by atoms with Gasteiger partial charge in [0, 0.05) is 30.6 Å². The van der Waals surface area contributed by atoms with Gasteiger partial charge in [0.25, 0.3) is 0 Å². The van der Waals surface area contributed by atoms with Crippen LogP contribution >= 0.6 is 0 Å². The first-order chi connectivity index (χ1) is 10.1. The Morgan fingerprint density at radius 2 is 1.18 bits per heavy atom. The molecule has 0 radical (unpaired) electrons. The number of hydrogen-bond acceptors (Lipinski definition) is 5. The number of rotatable bonds is 10. The highest BCUT2D eigenvalue weighted by Crippen LogP contribution is 2.25. The second-order valence-electron chi connectivity index (χ2n) is 6.18. The van der Waals surface area contributed by atoms with Crippen LogP contribution in [0.3, 0.4) is 0 Å². The topological polar surface area (TPSA) is 91.7 Å². The monoisotopic (exact) mass is 314 g/mol. The highest BCUT2D eigenvalue weighted by Gasteiger charge is 2.37. The molecule has 0 aromatic rings. The Hall–Kier alpha value is -1.07. The predicted molar refractivity (Wildman–Crippen MR) is 84.3 cm³/mol. The number of ketones is 3. The average Bonchev–Trinajstić information content (AvgIpc) is 2.55. The number of aliphatic hydroxyl groups is 2. The molecule has 0 saturated carbocycles. The van der Waals surface area contributed by atoms with Crippen LogP contribution in [0, 0.1) is 23.7 Å². The molecular formula is C17H30O5. The van der Waals surface area contributed by atoms with Crippen LogP contribution in [0.1, 0.15) is 54.4 Å². The molecule has 0 aliphatic heterocycles. The lowest BCUT2D eigenvalue weighted by Gasteiger charge is -2.31. The third-order valence-corrected chi connectivity index (χ3v) is 4.67. The van der Waals surface area contributed by atoms with Gasteiger partial charge in [-0.05, 0) is 6.92 Å². The summed E-state index contributed by atoms with van der Waals surface area (Å²) in [5.74, 6) is -3.31. The number of carbonyl (C=O) groups excluding carboxylic acids is 3. The van der Waals surface area contributed by atoms with Gasteiger partial charge in [0.1, 0.15) is 17.3 Å². The quantitative estimate of drug-likeness (QED) is 0.600. The van der Waals surface area contributed by atoms with Crippen molar-refractivity contribution >= 4 is 17.3 Å². The zero-order valence-electron chi connectivity index (χ0n) is 14.5. The van der Waals surface area contributed by atoms with Crippen LogP contribution in [0.5, 0.6) is 0 Å². The van der Waals surface area contributed by atoms with Crippen molar-refractivity contribution in [3.05, 3.63) is 0 Å². The molecule has 2 N–H and O–H groups in total. The average molecular weight is 314 g/mol. The Labute approximate surface area is 133 Å². The van der Waals surface area contributed by atoms with Gasteiger partial charge in [0.2, 0.25) is 0 Å². The maximum Gasteiger partial charge on any atom is 0.148 e. The minimum atomic E-state index is -1.10. The van der Waals surface area contributed by atoms with E-state index in [9.17, 15) is 24.6 Å². The fraction of sp³-hybridized carbons (Fsp3) is 0.824. The Balaban J connectivity index is 4.93. The highest BCUT2D eigenvalue weighted by atomic mass is 16.3. The minimum Gasteiger partial charge on any atom is -0.392 e. The molecule has 0 amide bonds. The van der Waals surface area contributed by atoms with Gasteiger partial charge in [0.15, 0.2) is 0 Å². The minimum absolute atomic E-state index is 0.0833. The summed E-state index contributed by atoms with van der Waals surface area (Å²) in [5.41, 5.74) is 0. The Bertz CT molecular complexity index is 404. The van der Waals surface area contributed by atoms with E-state index in [2.05, 4.69) is 0 Å². The van der Waals surface area contributed by atoms with E-state index < -0.39 is 35.9 Å². The third-order valence-electron chi connectivity index (χ3n) is 4.67. The fourth-order valence-electron chi connectivity index (χ4n) is 2.65. The first-order valence-corrected chi connectivity index (χ1v) is 8.05. The van der Waals surface area contributed by atoms with Gasteiger partial charge in [-0.1, -0.05) is 34.6 Å². The van der Waals surface area contributed by atoms with Gasteiger partial charge in [0.05, 0.1) is 18.1 Å². The van der Waals surface area contributed by atoms with Crippen molar-refractivity contribution in [3.63, 3.8) is 0 Å². The van der Waals surface area contributed by atoms with E-state index in [4.69, 9.17) is 0 Å². The Kier molecular flexibility index (Phi) is 8.71. The van der Waals surface area contributed by atoms with Crippen LogP contribution in [0.15, 0.2) is 0 Å². The van der Waals surface area contributed by atoms with Gasteiger partial charge in [-0.25, -0.2) is 0 Å². The molecule has 0 heterocycles. The number of aliphatic hydroxyl groups excluding tert-OH is 2. The summed E-state index contributed by atoms with van der Waals surface area (Å²) in [7, 11) is 0. The SMILES string of the molecule is CCC(=O)C(C)C(=O)[C@@H](C)[C@@H](O)[C@H](C)[C@@H](O)[C@H](C)C(=O)CC. The summed E-state index contributed by atoms with van der Waals surface area (Å²) >= 11 is 0. The van der Waals surface area contributed by atoms with Crippen LogP contribution in [-0.2, 0) is 14.4 Å². The van der Waals surface area contributed by atoms with Crippen molar-refractivity contribution in [2.75, 3.05) is 0 Å². The molecule has 22 heavy (non-hydrogen) atoms. The lowest BCUT2D eigenvalue weighted by Crippen LogP contribution is -2.43. The molecule has 0 fully saturated rings. The van der Waals surface area contributed by atoms with E-state index in [1.807, 2.05) is 0 Å². The van der Waals surface area contributed by atoms with Gasteiger partial charge < -0.3 is 10.2 Å². The zero-order valence-corrected chi connectivity index (χ0v) is 14.5. The molecule has 128 valence electrons. The van der Waals surface area contributed by atoms with Gasteiger partial charge in [-0.15, -0.1) is 0 Å². The molecular weight excluding hydrogens is 284 g/mol. The fourth-order valence-corrected chi connectivity index (χ4v) is 2.65. The predicted octanol–water partition coefficient (Wildman–Crippen LogP) is 1.78. The molecule has 5 nitrogen and oxygen atoms in total. The number of carbonyl (C=O) groups is 3. The molecule has 0 aromatic heterocycles. The molecule has 0 aromatic carbocycles. The normalized spacial score (nSPS) is 19.6. The molecule has 0 rings (SSSR count). The molecule has 6 atom stereocenters. The third kappa shape index (κ3) is 4.99. The van der Waals surface area contributed by atoms with Crippen LogP contribution in [0.4, 0.5) is 0 Å². The summed E-state index contributed by atoms with van der Waals surface area (Å²) in [6, 6.07) is 0. The van der Waals surface area contributed by atoms with E-state index >= 15 is 0 Å². The van der Waals surface area contributed by atoms with Crippen molar-refractivity contribution < 1.29 is 24.6 Å². The van der Waals surface area contributed by atoms with E-state index in [1.54, 1.807) is 41.5 Å². The molecule has 0 saturated heterocycles. The second kappa shape index (κ2) is 9.16. The molecule has 0 aliphatic rings. The maximum absolute atomic E-state index is 12.2. The van der Waals surface area contributed by atoms with Crippen molar-refractivity contribution in [3.8, 4) is 0 Å². The molecule has 0 spiro atoms. The molecule has 0 aliphatic carbocycles. The summed E-state index contributed by atoms with van der Waals surface area (Å²) in [4.78, 5) is 35.5. The van der Waals surface area contributed by atoms with Crippen molar-refractivity contribution in [1.29, 1.82) is 0 Å². The van der Waals surface area contributed by atoms with E-state index in [0.29, 0.717) is 6.42 Å². The standard InChI is InChI=1S/C17H30O5/c1-7-13(18)9(3)15(20)11(5)17(22)12(6)16(21)10(4)14(19)8-2/h9-12,15,17,20,22H,7-8H2,1-6H3/t9-,10?,11-,12-,15+,17+/m1/s1. The lowest BCUT2D eigenvalue weighted by atomic mass is 9.78. The van der Waals surface area contributed by atoms with Gasteiger partial charge >= 0.3 is 0 Å². The molecule has 5 heteroatoms. The maximum atomic E-state index is 12.2. The molecule has 0 bridgehead atoms.